The summed E-state index contributed by atoms with van der Waals surface area (Å²) in [6.45, 7) is 2.02. The maximum atomic E-state index is 10.4. The van der Waals surface area contributed by atoms with Crippen molar-refractivity contribution < 1.29 is 4.79 Å². The van der Waals surface area contributed by atoms with Gasteiger partial charge < -0.3 is 5.73 Å². The van der Waals surface area contributed by atoms with Gasteiger partial charge in [-0.1, -0.05) is 11.6 Å². The minimum absolute atomic E-state index is 0.188. The molecule has 13 heavy (non-hydrogen) atoms. The molecule has 4 nitrogen and oxygen atoms in total. The molecule has 2 amide bonds. The van der Waals surface area contributed by atoms with Crippen molar-refractivity contribution in [3.63, 3.8) is 0 Å². The van der Waals surface area contributed by atoms with Crippen molar-refractivity contribution in [2.45, 2.75) is 38.6 Å². The fourth-order valence-corrected chi connectivity index (χ4v) is 1.53. The molecule has 1 aliphatic carbocycles. The summed E-state index contributed by atoms with van der Waals surface area (Å²) in [5.74, 6) is 0. The van der Waals surface area contributed by atoms with Crippen molar-refractivity contribution in [2.75, 3.05) is 0 Å². The van der Waals surface area contributed by atoms with Crippen LogP contribution in [0.5, 0.6) is 0 Å². The van der Waals surface area contributed by atoms with E-state index in [-0.39, 0.29) is 6.04 Å². The Morgan fingerprint density at radius 3 is 2.92 bits per heavy atom. The third kappa shape index (κ3) is 3.46. The van der Waals surface area contributed by atoms with Crippen LogP contribution in [0.3, 0.4) is 0 Å². The van der Waals surface area contributed by atoms with Gasteiger partial charge in [0, 0.05) is 6.04 Å². The molecule has 0 aromatic rings. The lowest BCUT2D eigenvalue weighted by atomic mass is 9.95. The Balaban J connectivity index is 2.33. The Kier molecular flexibility index (Phi) is 3.76. The molecule has 0 aromatic carbocycles. The maximum Gasteiger partial charge on any atom is 0.326 e. The van der Waals surface area contributed by atoms with Crippen molar-refractivity contribution in [3.8, 4) is 0 Å². The molecule has 1 rings (SSSR count). The van der Waals surface area contributed by atoms with Gasteiger partial charge in [0.15, 0.2) is 0 Å². The number of primary amides is 1. The molecule has 0 radical (unpaired) electrons. The molecule has 0 aromatic heterocycles. The number of carbonyl (C=O) groups excluding carboxylic acids is 1. The summed E-state index contributed by atoms with van der Waals surface area (Å²) in [5, 5.41) is 0. The van der Waals surface area contributed by atoms with E-state index in [2.05, 4.69) is 16.9 Å². The van der Waals surface area contributed by atoms with Crippen LogP contribution in [-0.4, -0.2) is 12.1 Å². The highest BCUT2D eigenvalue weighted by atomic mass is 16.2. The maximum absolute atomic E-state index is 10.4. The zero-order valence-electron chi connectivity index (χ0n) is 7.97. The van der Waals surface area contributed by atoms with Gasteiger partial charge in [-0.15, -0.1) is 0 Å². The van der Waals surface area contributed by atoms with E-state index in [4.69, 9.17) is 5.73 Å². The van der Waals surface area contributed by atoms with E-state index < -0.39 is 6.03 Å². The lowest BCUT2D eigenvalue weighted by Crippen LogP contribution is -2.46. The van der Waals surface area contributed by atoms with Crippen LogP contribution in [0.1, 0.15) is 32.6 Å². The van der Waals surface area contributed by atoms with E-state index >= 15 is 0 Å². The first kappa shape index (κ1) is 10.1. The van der Waals surface area contributed by atoms with Crippen LogP contribution in [0.25, 0.3) is 0 Å². The molecule has 0 bridgehead atoms. The first-order valence-electron chi connectivity index (χ1n) is 4.70. The molecular formula is C9H17N3O. The van der Waals surface area contributed by atoms with Crippen molar-refractivity contribution >= 4 is 6.03 Å². The summed E-state index contributed by atoms with van der Waals surface area (Å²) >= 11 is 0. The van der Waals surface area contributed by atoms with E-state index in [1.807, 2.05) is 6.92 Å². The summed E-state index contributed by atoms with van der Waals surface area (Å²) in [4.78, 5) is 10.4. The summed E-state index contributed by atoms with van der Waals surface area (Å²) in [6.07, 6.45) is 7.03. The Labute approximate surface area is 78.5 Å². The molecule has 0 saturated carbocycles. The minimum atomic E-state index is -0.539. The summed E-state index contributed by atoms with van der Waals surface area (Å²) < 4.78 is 0. The molecule has 0 heterocycles. The molecule has 1 atom stereocenters. The van der Waals surface area contributed by atoms with Crippen LogP contribution < -0.4 is 16.6 Å². The molecule has 0 fully saturated rings. The first-order valence-corrected chi connectivity index (χ1v) is 4.70. The smallest absolute Gasteiger partial charge is 0.326 e. The second-order valence-corrected chi connectivity index (χ2v) is 3.38. The van der Waals surface area contributed by atoms with Gasteiger partial charge in [-0.2, -0.15) is 0 Å². The molecule has 74 valence electrons. The van der Waals surface area contributed by atoms with E-state index in [1.54, 1.807) is 0 Å². The quantitative estimate of drug-likeness (QED) is 0.452. The summed E-state index contributed by atoms with van der Waals surface area (Å²) in [7, 11) is 0. The van der Waals surface area contributed by atoms with Crippen molar-refractivity contribution in [2.24, 2.45) is 5.73 Å². The van der Waals surface area contributed by atoms with Crippen molar-refractivity contribution in [1.29, 1.82) is 0 Å². The van der Waals surface area contributed by atoms with Crippen LogP contribution in [0, 0.1) is 0 Å². The number of amides is 2. The van der Waals surface area contributed by atoms with Gasteiger partial charge >= 0.3 is 6.03 Å². The van der Waals surface area contributed by atoms with Gasteiger partial charge in [-0.05, 0) is 32.6 Å². The standard InChI is InChI=1S/C9H17N3O/c1-7(11-12-9(10)13)8-5-3-2-4-6-8/h5,7,11H,2-4,6H2,1H3,(H3,10,12,13). The van der Waals surface area contributed by atoms with Gasteiger partial charge in [0.1, 0.15) is 0 Å². The van der Waals surface area contributed by atoms with Crippen LogP contribution in [0.4, 0.5) is 4.79 Å². The largest absolute Gasteiger partial charge is 0.351 e. The number of hydrogen-bond acceptors (Lipinski definition) is 2. The van der Waals surface area contributed by atoms with Crippen molar-refractivity contribution in [1.82, 2.24) is 10.9 Å². The van der Waals surface area contributed by atoms with E-state index in [0.29, 0.717) is 0 Å². The van der Waals surface area contributed by atoms with Crippen LogP contribution in [0.2, 0.25) is 0 Å². The zero-order valence-corrected chi connectivity index (χ0v) is 7.97. The molecule has 4 N–H and O–H groups in total. The predicted molar refractivity (Wildman–Crippen MR) is 51.9 cm³/mol. The zero-order chi connectivity index (χ0) is 9.68. The van der Waals surface area contributed by atoms with E-state index in [0.717, 1.165) is 12.8 Å². The van der Waals surface area contributed by atoms with E-state index in [9.17, 15) is 4.79 Å². The number of nitrogens with two attached hydrogens (primary N) is 1. The fraction of sp³-hybridized carbons (Fsp3) is 0.667. The first-order chi connectivity index (χ1) is 6.20. The number of urea groups is 1. The Bertz CT molecular complexity index is 213. The third-order valence-corrected chi connectivity index (χ3v) is 2.29. The second kappa shape index (κ2) is 4.87. The van der Waals surface area contributed by atoms with Gasteiger partial charge in [-0.25, -0.2) is 10.2 Å². The minimum Gasteiger partial charge on any atom is -0.351 e. The number of carbonyl (C=O) groups is 1. The lowest BCUT2D eigenvalue weighted by molar-refractivity contribution is 0.243. The molecule has 0 spiro atoms. The topological polar surface area (TPSA) is 67.2 Å². The number of rotatable bonds is 3. The van der Waals surface area contributed by atoms with Crippen LogP contribution in [0.15, 0.2) is 11.6 Å². The molecule has 0 aliphatic heterocycles. The number of allylic oxidation sites excluding steroid dienone is 1. The van der Waals surface area contributed by atoms with Crippen LogP contribution >= 0.6 is 0 Å². The molecule has 1 aliphatic rings. The van der Waals surface area contributed by atoms with Gasteiger partial charge in [0.25, 0.3) is 0 Å². The third-order valence-electron chi connectivity index (χ3n) is 2.29. The van der Waals surface area contributed by atoms with Gasteiger partial charge in [0.2, 0.25) is 0 Å². The summed E-state index contributed by atoms with van der Waals surface area (Å²) in [5.41, 5.74) is 11.5. The molecule has 0 saturated heterocycles. The van der Waals surface area contributed by atoms with E-state index in [1.165, 1.54) is 18.4 Å². The average molecular weight is 183 g/mol. The van der Waals surface area contributed by atoms with Crippen LogP contribution in [-0.2, 0) is 0 Å². The Morgan fingerprint density at radius 1 is 1.62 bits per heavy atom. The molecule has 4 heteroatoms. The normalized spacial score (nSPS) is 19.0. The highest BCUT2D eigenvalue weighted by Gasteiger charge is 2.10. The highest BCUT2D eigenvalue weighted by Crippen LogP contribution is 2.19. The number of nitrogens with one attached hydrogen (secondary N) is 2. The highest BCUT2D eigenvalue weighted by molar-refractivity contribution is 5.70. The predicted octanol–water partition coefficient (Wildman–Crippen LogP) is 1.05. The second-order valence-electron chi connectivity index (χ2n) is 3.38. The number of hydrogen-bond donors (Lipinski definition) is 3. The molecule has 1 unspecified atom stereocenters. The van der Waals surface area contributed by atoms with Gasteiger partial charge in [-0.3, -0.25) is 5.43 Å². The van der Waals surface area contributed by atoms with Crippen molar-refractivity contribution in [3.05, 3.63) is 11.6 Å². The molecular weight excluding hydrogens is 166 g/mol. The summed E-state index contributed by atoms with van der Waals surface area (Å²) in [6, 6.07) is -0.351. The lowest BCUT2D eigenvalue weighted by Gasteiger charge is -2.20. The van der Waals surface area contributed by atoms with Gasteiger partial charge in [0.05, 0.1) is 0 Å². The number of hydrazine groups is 1. The monoisotopic (exact) mass is 183 g/mol. The Hall–Kier alpha value is -1.03. The fourth-order valence-electron chi connectivity index (χ4n) is 1.53. The Morgan fingerprint density at radius 2 is 2.38 bits per heavy atom. The SMILES string of the molecule is CC(NNC(N)=O)C1=CCCCC1. The average Bonchev–Trinajstić information content (AvgIpc) is 2.15.